The summed E-state index contributed by atoms with van der Waals surface area (Å²) in [6, 6.07) is 7.57. The number of carbonyl (C=O) groups excluding carboxylic acids is 1. The van der Waals surface area contributed by atoms with Crippen molar-refractivity contribution in [3.05, 3.63) is 58.7 Å². The largest absolute Gasteiger partial charge is 0.420 e. The highest BCUT2D eigenvalue weighted by Crippen LogP contribution is 2.37. The molecule has 0 aliphatic carbocycles. The van der Waals surface area contributed by atoms with Gasteiger partial charge in [0.05, 0.1) is 34.5 Å². The Labute approximate surface area is 195 Å². The van der Waals surface area contributed by atoms with Crippen molar-refractivity contribution in [3.63, 3.8) is 0 Å². The second-order valence-electron chi connectivity index (χ2n) is 8.90. The zero-order valence-electron chi connectivity index (χ0n) is 18.2. The molecule has 0 fully saturated rings. The maximum absolute atomic E-state index is 15.1. The number of rotatable bonds is 3. The van der Waals surface area contributed by atoms with Crippen LogP contribution in [0.3, 0.4) is 0 Å². The summed E-state index contributed by atoms with van der Waals surface area (Å²) in [4.78, 5) is 14.0. The number of amides is 1. The Morgan fingerprint density at radius 1 is 1.24 bits per heavy atom. The number of hydrogen-bond donors (Lipinski definition) is 1. The number of sulfone groups is 1. The minimum atomic E-state index is -4.05. The van der Waals surface area contributed by atoms with E-state index in [0.29, 0.717) is 10.6 Å². The van der Waals surface area contributed by atoms with Gasteiger partial charge in [-0.15, -0.1) is 10.2 Å². The minimum Gasteiger partial charge on any atom is -0.420 e. The second kappa shape index (κ2) is 8.19. The summed E-state index contributed by atoms with van der Waals surface area (Å²) in [5.41, 5.74) is 5.95. The average Bonchev–Trinajstić information content (AvgIpc) is 3.19. The molecule has 0 unspecified atom stereocenters. The maximum Gasteiger partial charge on any atom is 0.250 e. The van der Waals surface area contributed by atoms with E-state index in [-0.39, 0.29) is 34.5 Å². The SMILES string of the molecule is CC(C)(C)c1nnc(-c2cc3c(cc2F)S(=O)(=O)C[C@H](N)C(=O)N3Cc2cccc(Cl)c2)o1. The number of carbonyl (C=O) groups is 1. The molecule has 0 saturated carbocycles. The zero-order valence-corrected chi connectivity index (χ0v) is 19.7. The maximum atomic E-state index is 15.1. The van der Waals surface area contributed by atoms with Gasteiger partial charge in [-0.2, -0.15) is 0 Å². The van der Waals surface area contributed by atoms with Crippen LogP contribution < -0.4 is 10.6 Å². The van der Waals surface area contributed by atoms with E-state index >= 15 is 4.39 Å². The van der Waals surface area contributed by atoms with Gasteiger partial charge in [0.15, 0.2) is 9.84 Å². The highest BCUT2D eigenvalue weighted by molar-refractivity contribution is 7.91. The summed E-state index contributed by atoms with van der Waals surface area (Å²) >= 11 is 6.07. The number of nitrogens with zero attached hydrogens (tertiary/aromatic N) is 3. The summed E-state index contributed by atoms with van der Waals surface area (Å²) in [5, 5.41) is 8.35. The van der Waals surface area contributed by atoms with Crippen LogP contribution in [0.1, 0.15) is 32.2 Å². The molecule has 174 valence electrons. The van der Waals surface area contributed by atoms with Crippen molar-refractivity contribution in [2.45, 2.75) is 43.7 Å². The molecule has 2 aromatic carbocycles. The lowest BCUT2D eigenvalue weighted by atomic mass is 9.97. The van der Waals surface area contributed by atoms with Gasteiger partial charge >= 0.3 is 0 Å². The lowest BCUT2D eigenvalue weighted by Gasteiger charge is -2.24. The Bertz CT molecular complexity index is 1350. The van der Waals surface area contributed by atoms with E-state index in [0.717, 1.165) is 6.07 Å². The summed E-state index contributed by atoms with van der Waals surface area (Å²) in [6.45, 7) is 5.56. The van der Waals surface area contributed by atoms with E-state index in [1.165, 1.54) is 11.0 Å². The quantitative estimate of drug-likeness (QED) is 0.594. The van der Waals surface area contributed by atoms with Gasteiger partial charge in [0.2, 0.25) is 11.8 Å². The number of hydrogen-bond acceptors (Lipinski definition) is 7. The molecule has 0 spiro atoms. The van der Waals surface area contributed by atoms with Gasteiger partial charge in [0, 0.05) is 10.4 Å². The Hall–Kier alpha value is -2.82. The summed E-state index contributed by atoms with van der Waals surface area (Å²) < 4.78 is 46.6. The smallest absolute Gasteiger partial charge is 0.250 e. The van der Waals surface area contributed by atoms with Gasteiger partial charge in [-0.1, -0.05) is 44.5 Å². The van der Waals surface area contributed by atoms with Crippen molar-refractivity contribution in [2.75, 3.05) is 10.7 Å². The molecule has 0 bridgehead atoms. The molecule has 3 aromatic rings. The highest BCUT2D eigenvalue weighted by atomic mass is 35.5. The zero-order chi connectivity index (χ0) is 24.1. The van der Waals surface area contributed by atoms with Crippen molar-refractivity contribution in [1.29, 1.82) is 0 Å². The Balaban J connectivity index is 1.90. The molecule has 2 heterocycles. The third kappa shape index (κ3) is 4.50. The number of aromatic nitrogens is 2. The summed E-state index contributed by atoms with van der Waals surface area (Å²) in [7, 11) is -4.05. The van der Waals surface area contributed by atoms with Crippen LogP contribution >= 0.6 is 11.6 Å². The Morgan fingerprint density at radius 2 is 1.97 bits per heavy atom. The summed E-state index contributed by atoms with van der Waals surface area (Å²) in [6.07, 6.45) is 0. The van der Waals surface area contributed by atoms with Gasteiger partial charge in [0.1, 0.15) is 5.82 Å². The van der Waals surface area contributed by atoms with E-state index in [4.69, 9.17) is 21.8 Å². The van der Waals surface area contributed by atoms with Gasteiger partial charge in [0.25, 0.3) is 5.89 Å². The van der Waals surface area contributed by atoms with Crippen LogP contribution in [-0.2, 0) is 26.6 Å². The van der Waals surface area contributed by atoms with Crippen LogP contribution in [0.25, 0.3) is 11.5 Å². The summed E-state index contributed by atoms with van der Waals surface area (Å²) in [5.74, 6) is -1.96. The topological polar surface area (TPSA) is 119 Å². The molecule has 0 saturated heterocycles. The molecule has 11 heteroatoms. The monoisotopic (exact) mass is 492 g/mol. The Morgan fingerprint density at radius 3 is 2.61 bits per heavy atom. The molecule has 0 radical (unpaired) electrons. The average molecular weight is 493 g/mol. The van der Waals surface area contributed by atoms with Crippen LogP contribution in [0.15, 0.2) is 45.7 Å². The van der Waals surface area contributed by atoms with Crippen molar-refractivity contribution in [2.24, 2.45) is 5.73 Å². The molecule has 1 aromatic heterocycles. The second-order valence-corrected chi connectivity index (χ2v) is 11.3. The number of nitrogens with two attached hydrogens (primary N) is 1. The number of fused-ring (bicyclic) bond motifs is 1. The van der Waals surface area contributed by atoms with Crippen molar-refractivity contribution in [3.8, 4) is 11.5 Å². The first-order chi connectivity index (χ1) is 15.4. The van der Waals surface area contributed by atoms with E-state index in [2.05, 4.69) is 10.2 Å². The van der Waals surface area contributed by atoms with Gasteiger partial charge < -0.3 is 15.1 Å². The first-order valence-electron chi connectivity index (χ1n) is 10.1. The van der Waals surface area contributed by atoms with Gasteiger partial charge in [-0.25, -0.2) is 12.8 Å². The first kappa shape index (κ1) is 23.3. The van der Waals surface area contributed by atoms with Gasteiger partial charge in [-0.05, 0) is 29.8 Å². The van der Waals surface area contributed by atoms with E-state index in [9.17, 15) is 13.2 Å². The predicted octanol–water partition coefficient (Wildman–Crippen LogP) is 3.47. The lowest BCUT2D eigenvalue weighted by molar-refractivity contribution is -0.119. The van der Waals surface area contributed by atoms with E-state index < -0.39 is 38.8 Å². The molecule has 4 rings (SSSR count). The molecule has 1 aliphatic rings. The fraction of sp³-hybridized carbons (Fsp3) is 0.318. The third-order valence-electron chi connectivity index (χ3n) is 5.18. The Kier molecular flexibility index (Phi) is 5.80. The molecule has 33 heavy (non-hydrogen) atoms. The van der Waals surface area contributed by atoms with Crippen molar-refractivity contribution >= 4 is 33.0 Å². The molecule has 1 atom stereocenters. The molecular weight excluding hydrogens is 471 g/mol. The van der Waals surface area contributed by atoms with Crippen LogP contribution in [0.4, 0.5) is 10.1 Å². The fourth-order valence-electron chi connectivity index (χ4n) is 3.50. The van der Waals surface area contributed by atoms with Crippen LogP contribution in [0.5, 0.6) is 0 Å². The number of benzene rings is 2. The van der Waals surface area contributed by atoms with Crippen molar-refractivity contribution < 1.29 is 22.0 Å². The molecule has 1 amide bonds. The first-order valence-corrected chi connectivity index (χ1v) is 12.1. The standard InChI is InChI=1S/C22H22ClFN4O4S/c1-22(2,3)21-27-26-19(32-21)14-8-17-18(9-15(14)24)33(30,31)11-16(25)20(29)28(17)10-12-5-4-6-13(23)7-12/h4-9,16H,10-11,25H2,1-3H3/t16-/m0/s1. The lowest BCUT2D eigenvalue weighted by Crippen LogP contribution is -2.45. The minimum absolute atomic E-state index is 0.0140. The van der Waals surface area contributed by atoms with Crippen LogP contribution in [0.2, 0.25) is 5.02 Å². The van der Waals surface area contributed by atoms with Gasteiger partial charge in [-0.3, -0.25) is 4.79 Å². The molecule has 8 nitrogen and oxygen atoms in total. The highest BCUT2D eigenvalue weighted by Gasteiger charge is 2.37. The van der Waals surface area contributed by atoms with E-state index in [1.807, 2.05) is 20.8 Å². The molecule has 1 aliphatic heterocycles. The normalized spacial score (nSPS) is 18.2. The molecular formula is C22H22ClFN4O4S. The third-order valence-corrected chi connectivity index (χ3v) is 7.21. The fourth-order valence-corrected chi connectivity index (χ4v) is 5.28. The number of halogens is 2. The van der Waals surface area contributed by atoms with Crippen molar-refractivity contribution in [1.82, 2.24) is 10.2 Å². The number of anilines is 1. The predicted molar refractivity (Wildman–Crippen MR) is 121 cm³/mol. The van der Waals surface area contributed by atoms with Crippen LogP contribution in [0, 0.1) is 5.82 Å². The van der Waals surface area contributed by atoms with E-state index in [1.54, 1.807) is 24.3 Å². The van der Waals surface area contributed by atoms with Crippen LogP contribution in [-0.4, -0.2) is 36.3 Å². The molecule has 2 N–H and O–H groups in total.